The molecule has 8 aromatic carbocycles. The highest BCUT2D eigenvalue weighted by atomic mass is 32.1. The quantitative estimate of drug-likeness (QED) is 0.168. The molecule has 0 saturated carbocycles. The summed E-state index contributed by atoms with van der Waals surface area (Å²) in [7, 11) is 0. The summed E-state index contributed by atoms with van der Waals surface area (Å²) in [5.41, 5.74) is 12.0. The molecule has 0 aliphatic carbocycles. The van der Waals surface area contributed by atoms with Gasteiger partial charge in [0.2, 0.25) is 0 Å². The predicted octanol–water partition coefficient (Wildman–Crippen LogP) is 15.0. The van der Waals surface area contributed by atoms with Crippen LogP contribution in [0, 0.1) is 0 Å². The maximum atomic E-state index is 2.55. The first-order valence-corrected chi connectivity index (χ1v) is 18.8. The third kappa shape index (κ3) is 5.57. The lowest BCUT2D eigenvalue weighted by molar-refractivity contribution is 0.590. The average Bonchev–Trinajstić information content (AvgIpc) is 3.58. The normalized spacial score (nSPS) is 11.8. The molecule has 0 saturated heterocycles. The number of nitrogens with zero attached hydrogens (tertiary/aromatic N) is 1. The van der Waals surface area contributed by atoms with Gasteiger partial charge in [-0.05, 0) is 74.3 Å². The van der Waals surface area contributed by atoms with Crippen LogP contribution in [0.2, 0.25) is 0 Å². The number of fused-ring (bicyclic) bond motifs is 4. The molecular formula is C50H39NS. The van der Waals surface area contributed by atoms with Crippen molar-refractivity contribution >= 4 is 59.3 Å². The molecule has 0 spiro atoms. The van der Waals surface area contributed by atoms with Crippen molar-refractivity contribution in [1.82, 2.24) is 0 Å². The molecule has 0 atom stereocenters. The highest BCUT2D eigenvalue weighted by Gasteiger charge is 2.26. The van der Waals surface area contributed by atoms with Gasteiger partial charge in [-0.3, -0.25) is 0 Å². The fourth-order valence-corrected chi connectivity index (χ4v) is 8.82. The molecule has 0 aliphatic heterocycles. The van der Waals surface area contributed by atoms with E-state index in [4.69, 9.17) is 0 Å². The molecule has 0 bridgehead atoms. The van der Waals surface area contributed by atoms with Crippen molar-refractivity contribution in [2.45, 2.75) is 26.2 Å². The van der Waals surface area contributed by atoms with E-state index in [1.165, 1.54) is 75.6 Å². The molecule has 0 N–H and O–H groups in total. The highest BCUT2D eigenvalue weighted by molar-refractivity contribution is 7.26. The second kappa shape index (κ2) is 13.0. The van der Waals surface area contributed by atoms with Gasteiger partial charge in [0.05, 0.1) is 17.1 Å². The van der Waals surface area contributed by atoms with Crippen LogP contribution in [0.4, 0.5) is 17.1 Å². The van der Waals surface area contributed by atoms with Crippen molar-refractivity contribution in [3.8, 4) is 33.4 Å². The van der Waals surface area contributed by atoms with E-state index < -0.39 is 0 Å². The maximum absolute atomic E-state index is 2.55. The van der Waals surface area contributed by atoms with Gasteiger partial charge in [-0.15, -0.1) is 11.3 Å². The molecule has 1 nitrogen and oxygen atoms in total. The van der Waals surface area contributed by atoms with Gasteiger partial charge in [-0.25, -0.2) is 0 Å². The standard InChI is InChI=1S/C50H39NS/c1-50(2,3)37-31-32-38(34-17-6-4-7-18-34)45(33-37)51(44-28-16-30-47-49(44)42-24-11-13-29-46(42)52-47)43-27-12-10-23-40(43)41-26-15-22-36-21-14-25-39(48(36)41)35-19-8-5-9-20-35/h4-33H,1-3H3. The lowest BCUT2D eigenvalue weighted by atomic mass is 9.85. The molecule has 0 radical (unpaired) electrons. The van der Waals surface area contributed by atoms with Gasteiger partial charge in [-0.2, -0.15) is 0 Å². The Morgan fingerprint density at radius 1 is 0.404 bits per heavy atom. The van der Waals surface area contributed by atoms with Crippen LogP contribution in [0.5, 0.6) is 0 Å². The zero-order valence-electron chi connectivity index (χ0n) is 29.7. The summed E-state index contributed by atoms with van der Waals surface area (Å²) in [6, 6.07) is 66.8. The lowest BCUT2D eigenvalue weighted by Crippen LogP contribution is -2.16. The molecule has 0 fully saturated rings. The molecule has 250 valence electrons. The minimum Gasteiger partial charge on any atom is -0.309 e. The number of rotatable bonds is 6. The van der Waals surface area contributed by atoms with Crippen molar-refractivity contribution in [3.63, 3.8) is 0 Å². The number of benzene rings is 8. The molecule has 9 aromatic rings. The van der Waals surface area contributed by atoms with E-state index >= 15 is 0 Å². The Hall–Kier alpha value is -5.96. The molecule has 0 unspecified atom stereocenters. The zero-order chi connectivity index (χ0) is 35.2. The Balaban J connectivity index is 1.41. The summed E-state index contributed by atoms with van der Waals surface area (Å²) in [5.74, 6) is 0. The van der Waals surface area contributed by atoms with Crippen molar-refractivity contribution in [3.05, 3.63) is 188 Å². The number of anilines is 3. The highest BCUT2D eigenvalue weighted by Crippen LogP contribution is 2.51. The third-order valence-electron chi connectivity index (χ3n) is 10.2. The summed E-state index contributed by atoms with van der Waals surface area (Å²) in [6.07, 6.45) is 0. The van der Waals surface area contributed by atoms with Crippen LogP contribution in [-0.2, 0) is 5.41 Å². The van der Waals surface area contributed by atoms with E-state index in [9.17, 15) is 0 Å². The van der Waals surface area contributed by atoms with E-state index in [0.717, 1.165) is 11.4 Å². The van der Waals surface area contributed by atoms with Crippen LogP contribution < -0.4 is 4.90 Å². The first-order chi connectivity index (χ1) is 25.5. The largest absolute Gasteiger partial charge is 0.309 e. The third-order valence-corrected chi connectivity index (χ3v) is 11.4. The summed E-state index contributed by atoms with van der Waals surface area (Å²) >= 11 is 1.87. The van der Waals surface area contributed by atoms with Crippen molar-refractivity contribution in [2.75, 3.05) is 4.90 Å². The molecule has 1 heterocycles. The van der Waals surface area contributed by atoms with E-state index in [1.54, 1.807) is 0 Å². The topological polar surface area (TPSA) is 3.24 Å². The molecule has 52 heavy (non-hydrogen) atoms. The van der Waals surface area contributed by atoms with Gasteiger partial charge >= 0.3 is 0 Å². The first kappa shape index (κ1) is 32.0. The van der Waals surface area contributed by atoms with Crippen LogP contribution in [0.3, 0.4) is 0 Å². The van der Waals surface area contributed by atoms with Crippen molar-refractivity contribution < 1.29 is 0 Å². The average molecular weight is 686 g/mol. The molecular weight excluding hydrogens is 647 g/mol. The smallest absolute Gasteiger partial charge is 0.0555 e. The van der Waals surface area contributed by atoms with Crippen LogP contribution in [0.25, 0.3) is 64.3 Å². The lowest BCUT2D eigenvalue weighted by Gasteiger charge is -2.32. The Bertz CT molecular complexity index is 2710. The Morgan fingerprint density at radius 3 is 1.73 bits per heavy atom. The van der Waals surface area contributed by atoms with Crippen LogP contribution in [-0.4, -0.2) is 0 Å². The molecule has 9 rings (SSSR count). The summed E-state index contributed by atoms with van der Waals surface area (Å²) in [5, 5.41) is 5.05. The van der Waals surface area contributed by atoms with Gasteiger partial charge in [0.25, 0.3) is 0 Å². The Labute approximate surface area is 310 Å². The van der Waals surface area contributed by atoms with Gasteiger partial charge in [0.15, 0.2) is 0 Å². The molecule has 2 heteroatoms. The SMILES string of the molecule is CC(C)(C)c1ccc(-c2ccccc2)c(N(c2ccccc2-c2cccc3cccc(-c4ccccc4)c23)c2cccc3sc4ccccc4c23)c1. The summed E-state index contributed by atoms with van der Waals surface area (Å²) in [4.78, 5) is 2.55. The number of thiophene rings is 1. The zero-order valence-corrected chi connectivity index (χ0v) is 30.5. The van der Waals surface area contributed by atoms with Gasteiger partial charge < -0.3 is 4.90 Å². The van der Waals surface area contributed by atoms with Crippen LogP contribution in [0.15, 0.2) is 182 Å². The second-order valence-electron chi connectivity index (χ2n) is 14.5. The van der Waals surface area contributed by atoms with E-state index in [1.807, 2.05) is 11.3 Å². The minimum absolute atomic E-state index is 0.0452. The van der Waals surface area contributed by atoms with Gasteiger partial charge in [0, 0.05) is 31.3 Å². The molecule has 1 aromatic heterocycles. The number of para-hydroxylation sites is 1. The Kier molecular flexibility index (Phi) is 7.98. The Morgan fingerprint density at radius 2 is 0.981 bits per heavy atom. The van der Waals surface area contributed by atoms with Crippen molar-refractivity contribution in [2.24, 2.45) is 0 Å². The van der Waals surface area contributed by atoms with E-state index in [0.29, 0.717) is 0 Å². The predicted molar refractivity (Wildman–Crippen MR) is 227 cm³/mol. The van der Waals surface area contributed by atoms with E-state index in [2.05, 4.69) is 208 Å². The van der Waals surface area contributed by atoms with Crippen LogP contribution in [0.1, 0.15) is 26.3 Å². The van der Waals surface area contributed by atoms with Crippen LogP contribution >= 0.6 is 11.3 Å². The van der Waals surface area contributed by atoms with E-state index in [-0.39, 0.29) is 5.41 Å². The number of hydrogen-bond donors (Lipinski definition) is 0. The monoisotopic (exact) mass is 685 g/mol. The van der Waals surface area contributed by atoms with Gasteiger partial charge in [0.1, 0.15) is 0 Å². The fraction of sp³-hybridized carbons (Fsp3) is 0.0800. The maximum Gasteiger partial charge on any atom is 0.0555 e. The molecule has 0 aliphatic rings. The second-order valence-corrected chi connectivity index (χ2v) is 15.6. The first-order valence-electron chi connectivity index (χ1n) is 18.0. The van der Waals surface area contributed by atoms with Crippen molar-refractivity contribution in [1.29, 1.82) is 0 Å². The molecule has 0 amide bonds. The fourth-order valence-electron chi connectivity index (χ4n) is 7.70. The van der Waals surface area contributed by atoms with Gasteiger partial charge in [-0.1, -0.05) is 172 Å². The summed E-state index contributed by atoms with van der Waals surface area (Å²) in [6.45, 7) is 6.92. The summed E-state index contributed by atoms with van der Waals surface area (Å²) < 4.78 is 2.58. The number of hydrogen-bond acceptors (Lipinski definition) is 2. The minimum atomic E-state index is -0.0452.